The van der Waals surface area contributed by atoms with Crippen molar-refractivity contribution in [3.63, 3.8) is 0 Å². The van der Waals surface area contributed by atoms with Crippen LogP contribution < -0.4 is 0 Å². The standard InChI is InChI=1S/C26H42O4/c1-4-5-6-7-8-9-10-11-12-13-14-15-16-17-21-18-19-22(25(27)28)24(26(29)30)23(21)20(2)3/h18-20H,4-17H2,1-3H3,(H,27,28)(H,29,30). The van der Waals surface area contributed by atoms with E-state index in [0.29, 0.717) is 5.56 Å². The number of aryl methyl sites for hydroxylation is 1. The van der Waals surface area contributed by atoms with Crippen molar-refractivity contribution in [2.24, 2.45) is 0 Å². The van der Waals surface area contributed by atoms with Gasteiger partial charge in [0.2, 0.25) is 0 Å². The van der Waals surface area contributed by atoms with Gasteiger partial charge in [0.25, 0.3) is 0 Å². The van der Waals surface area contributed by atoms with Crippen LogP contribution in [0.5, 0.6) is 0 Å². The molecule has 0 radical (unpaired) electrons. The van der Waals surface area contributed by atoms with Crippen LogP contribution in [-0.2, 0) is 6.42 Å². The lowest BCUT2D eigenvalue weighted by molar-refractivity contribution is 0.0650. The maximum atomic E-state index is 11.7. The molecule has 0 saturated carbocycles. The fourth-order valence-electron chi connectivity index (χ4n) is 4.28. The molecule has 2 N–H and O–H groups in total. The molecule has 4 heteroatoms. The summed E-state index contributed by atoms with van der Waals surface area (Å²) < 4.78 is 0. The Hall–Kier alpha value is -1.84. The number of carbonyl (C=O) groups is 2. The van der Waals surface area contributed by atoms with Gasteiger partial charge in [-0.25, -0.2) is 9.59 Å². The Morgan fingerprint density at radius 1 is 0.733 bits per heavy atom. The lowest BCUT2D eigenvalue weighted by Gasteiger charge is -2.18. The van der Waals surface area contributed by atoms with Gasteiger partial charge in [-0.2, -0.15) is 0 Å². The van der Waals surface area contributed by atoms with Crippen LogP contribution in [0.1, 0.15) is 142 Å². The Labute approximate surface area is 183 Å². The Balaban J connectivity index is 2.36. The number of benzene rings is 1. The fourth-order valence-corrected chi connectivity index (χ4v) is 4.28. The minimum atomic E-state index is -1.18. The number of hydrogen-bond acceptors (Lipinski definition) is 2. The first-order valence-corrected chi connectivity index (χ1v) is 12.0. The zero-order valence-electron chi connectivity index (χ0n) is 19.3. The lowest BCUT2D eigenvalue weighted by atomic mass is 9.86. The second-order valence-electron chi connectivity index (χ2n) is 8.82. The van der Waals surface area contributed by atoms with E-state index in [9.17, 15) is 19.8 Å². The second kappa shape index (κ2) is 15.0. The molecule has 0 heterocycles. The van der Waals surface area contributed by atoms with E-state index in [1.165, 1.54) is 76.7 Å². The Bertz CT molecular complexity index is 649. The monoisotopic (exact) mass is 418 g/mol. The van der Waals surface area contributed by atoms with Gasteiger partial charge in [0, 0.05) is 0 Å². The highest BCUT2D eigenvalue weighted by molar-refractivity contribution is 6.03. The quantitative estimate of drug-likeness (QED) is 0.253. The van der Waals surface area contributed by atoms with Gasteiger partial charge in [-0.15, -0.1) is 0 Å². The van der Waals surface area contributed by atoms with E-state index >= 15 is 0 Å². The molecule has 1 aromatic rings. The molecule has 4 nitrogen and oxygen atoms in total. The third-order valence-corrected chi connectivity index (χ3v) is 5.91. The van der Waals surface area contributed by atoms with Crippen LogP contribution in [0.25, 0.3) is 0 Å². The normalized spacial score (nSPS) is 11.2. The van der Waals surface area contributed by atoms with Crippen LogP contribution in [0.4, 0.5) is 0 Å². The second-order valence-corrected chi connectivity index (χ2v) is 8.82. The van der Waals surface area contributed by atoms with Crippen LogP contribution in [0.3, 0.4) is 0 Å². The van der Waals surface area contributed by atoms with E-state index in [4.69, 9.17) is 0 Å². The highest BCUT2D eigenvalue weighted by Gasteiger charge is 2.24. The summed E-state index contributed by atoms with van der Waals surface area (Å²) in [5, 5.41) is 18.9. The smallest absolute Gasteiger partial charge is 0.336 e. The molecule has 1 rings (SSSR count). The van der Waals surface area contributed by atoms with Gasteiger partial charge in [0.05, 0.1) is 11.1 Å². The summed E-state index contributed by atoms with van der Waals surface area (Å²) in [5.74, 6) is -2.35. The average molecular weight is 419 g/mol. The zero-order valence-corrected chi connectivity index (χ0v) is 19.3. The van der Waals surface area contributed by atoms with Crippen molar-refractivity contribution in [3.05, 3.63) is 34.4 Å². The van der Waals surface area contributed by atoms with Crippen molar-refractivity contribution in [3.8, 4) is 0 Å². The minimum absolute atomic E-state index is 0.0210. The predicted molar refractivity (Wildman–Crippen MR) is 124 cm³/mol. The highest BCUT2D eigenvalue weighted by atomic mass is 16.4. The highest BCUT2D eigenvalue weighted by Crippen LogP contribution is 2.29. The molecule has 0 atom stereocenters. The first-order chi connectivity index (χ1) is 14.4. The van der Waals surface area contributed by atoms with Gasteiger partial charge in [-0.3, -0.25) is 0 Å². The molecular formula is C26H42O4. The summed E-state index contributed by atoms with van der Waals surface area (Å²) >= 11 is 0. The third-order valence-electron chi connectivity index (χ3n) is 5.91. The number of unbranched alkanes of at least 4 members (excludes halogenated alkanes) is 12. The molecule has 0 aliphatic rings. The Morgan fingerprint density at radius 2 is 1.20 bits per heavy atom. The predicted octanol–water partition coefficient (Wildman–Crippen LogP) is 7.84. The van der Waals surface area contributed by atoms with Crippen molar-refractivity contribution >= 4 is 11.9 Å². The molecule has 0 aromatic heterocycles. The van der Waals surface area contributed by atoms with Crippen molar-refractivity contribution in [2.45, 2.75) is 117 Å². The molecule has 0 fully saturated rings. The van der Waals surface area contributed by atoms with Crippen LogP contribution >= 0.6 is 0 Å². The van der Waals surface area contributed by atoms with Gasteiger partial charge < -0.3 is 10.2 Å². The summed E-state index contributed by atoms with van der Waals surface area (Å²) in [5.41, 5.74) is 1.52. The summed E-state index contributed by atoms with van der Waals surface area (Å²) in [6.45, 7) is 6.12. The molecule has 1 aromatic carbocycles. The number of carboxylic acids is 2. The number of carboxylic acid groups (broad SMARTS) is 2. The maximum absolute atomic E-state index is 11.7. The summed E-state index contributed by atoms with van der Waals surface area (Å²) in [7, 11) is 0. The van der Waals surface area contributed by atoms with Crippen LogP contribution in [0.2, 0.25) is 0 Å². The summed E-state index contributed by atoms with van der Waals surface area (Å²) in [4.78, 5) is 23.2. The van der Waals surface area contributed by atoms with Crippen molar-refractivity contribution < 1.29 is 19.8 Å². The Kier molecular flexibility index (Phi) is 13.1. The largest absolute Gasteiger partial charge is 0.478 e. The van der Waals surface area contributed by atoms with E-state index in [2.05, 4.69) is 6.92 Å². The number of hydrogen-bond donors (Lipinski definition) is 2. The van der Waals surface area contributed by atoms with Crippen molar-refractivity contribution in [1.29, 1.82) is 0 Å². The number of rotatable bonds is 17. The molecule has 30 heavy (non-hydrogen) atoms. The van der Waals surface area contributed by atoms with Gasteiger partial charge in [0.15, 0.2) is 0 Å². The molecule has 170 valence electrons. The molecule has 0 saturated heterocycles. The average Bonchev–Trinajstić information content (AvgIpc) is 2.70. The summed E-state index contributed by atoms with van der Waals surface area (Å²) in [6.07, 6.45) is 17.7. The van der Waals surface area contributed by atoms with Crippen LogP contribution in [0, 0.1) is 0 Å². The first kappa shape index (κ1) is 26.2. The topological polar surface area (TPSA) is 74.6 Å². The zero-order chi connectivity index (χ0) is 22.4. The van der Waals surface area contributed by atoms with E-state index in [1.807, 2.05) is 19.9 Å². The summed E-state index contributed by atoms with van der Waals surface area (Å²) in [6, 6.07) is 3.26. The molecule has 0 bridgehead atoms. The van der Waals surface area contributed by atoms with Crippen LogP contribution in [0.15, 0.2) is 12.1 Å². The molecule has 0 aliphatic carbocycles. The van der Waals surface area contributed by atoms with E-state index in [1.54, 1.807) is 0 Å². The lowest BCUT2D eigenvalue weighted by Crippen LogP contribution is -2.14. The van der Waals surface area contributed by atoms with E-state index in [0.717, 1.165) is 24.8 Å². The molecule has 0 aliphatic heterocycles. The minimum Gasteiger partial charge on any atom is -0.478 e. The SMILES string of the molecule is CCCCCCCCCCCCCCCc1ccc(C(=O)O)c(C(=O)O)c1C(C)C. The van der Waals surface area contributed by atoms with Gasteiger partial charge in [-0.05, 0) is 36.0 Å². The Morgan fingerprint density at radius 3 is 1.60 bits per heavy atom. The van der Waals surface area contributed by atoms with Crippen LogP contribution in [-0.4, -0.2) is 22.2 Å². The third kappa shape index (κ3) is 9.32. The fraction of sp³-hybridized carbons (Fsp3) is 0.692. The first-order valence-electron chi connectivity index (χ1n) is 12.0. The van der Waals surface area contributed by atoms with Gasteiger partial charge >= 0.3 is 11.9 Å². The molecule has 0 spiro atoms. The number of aromatic carboxylic acids is 2. The maximum Gasteiger partial charge on any atom is 0.336 e. The molecule has 0 unspecified atom stereocenters. The molecule has 0 amide bonds. The molecular weight excluding hydrogens is 376 g/mol. The van der Waals surface area contributed by atoms with Gasteiger partial charge in [0.1, 0.15) is 0 Å². The van der Waals surface area contributed by atoms with E-state index in [-0.39, 0.29) is 17.0 Å². The van der Waals surface area contributed by atoms with Gasteiger partial charge in [-0.1, -0.05) is 104 Å². The van der Waals surface area contributed by atoms with E-state index < -0.39 is 11.9 Å². The van der Waals surface area contributed by atoms with Crippen molar-refractivity contribution in [2.75, 3.05) is 0 Å². The van der Waals surface area contributed by atoms with Crippen molar-refractivity contribution in [1.82, 2.24) is 0 Å².